The first-order valence-corrected chi connectivity index (χ1v) is 11.2. The molecule has 0 N–H and O–H groups in total. The molecule has 144 valence electrons. The Hall–Kier alpha value is -1.92. The van der Waals surface area contributed by atoms with Crippen molar-refractivity contribution in [2.75, 3.05) is 24.5 Å². The number of sulfonamides is 1. The lowest BCUT2D eigenvalue weighted by Crippen LogP contribution is -2.31. The molecular formula is C21H27N3O2S. The van der Waals surface area contributed by atoms with Gasteiger partial charge in [0.2, 0.25) is 10.0 Å². The van der Waals surface area contributed by atoms with E-state index in [0.29, 0.717) is 11.4 Å². The van der Waals surface area contributed by atoms with Crippen LogP contribution in [0.3, 0.4) is 0 Å². The molecule has 6 heteroatoms. The van der Waals surface area contributed by atoms with Crippen LogP contribution in [0.15, 0.2) is 41.4 Å². The van der Waals surface area contributed by atoms with Crippen molar-refractivity contribution >= 4 is 15.8 Å². The summed E-state index contributed by atoms with van der Waals surface area (Å²) in [5.74, 6) is 1.04. The molecule has 2 aromatic rings. The fourth-order valence-corrected chi connectivity index (χ4v) is 5.92. The Bertz CT molecular complexity index is 919. The fourth-order valence-electron chi connectivity index (χ4n) is 4.24. The molecule has 0 aliphatic carbocycles. The van der Waals surface area contributed by atoms with E-state index in [9.17, 15) is 8.42 Å². The summed E-state index contributed by atoms with van der Waals surface area (Å²) in [7, 11) is -3.50. The molecule has 2 fully saturated rings. The molecule has 0 spiro atoms. The van der Waals surface area contributed by atoms with Gasteiger partial charge in [-0.2, -0.15) is 4.31 Å². The number of aromatic nitrogens is 1. The number of hydrogen-bond donors (Lipinski definition) is 0. The zero-order valence-corrected chi connectivity index (χ0v) is 16.9. The summed E-state index contributed by atoms with van der Waals surface area (Å²) >= 11 is 0. The summed E-state index contributed by atoms with van der Waals surface area (Å²) in [4.78, 5) is 7.41. The number of rotatable bonds is 4. The van der Waals surface area contributed by atoms with Crippen molar-refractivity contribution in [3.63, 3.8) is 0 Å². The van der Waals surface area contributed by atoms with Crippen molar-refractivity contribution in [2.45, 2.75) is 50.5 Å². The van der Waals surface area contributed by atoms with Gasteiger partial charge in [0.15, 0.2) is 0 Å². The predicted molar refractivity (Wildman–Crippen MR) is 107 cm³/mol. The molecule has 27 heavy (non-hydrogen) atoms. The normalized spacial score (nSPS) is 21.1. The molecule has 2 aliphatic heterocycles. The van der Waals surface area contributed by atoms with E-state index in [1.807, 2.05) is 25.3 Å². The van der Waals surface area contributed by atoms with Gasteiger partial charge in [0, 0.05) is 25.8 Å². The minimum atomic E-state index is -3.50. The van der Waals surface area contributed by atoms with E-state index in [1.54, 1.807) is 16.4 Å². The molecule has 1 aromatic carbocycles. The average Bonchev–Trinajstić information content (AvgIpc) is 3.34. The van der Waals surface area contributed by atoms with Crippen molar-refractivity contribution in [1.82, 2.24) is 9.29 Å². The van der Waals surface area contributed by atoms with E-state index in [-0.39, 0.29) is 6.04 Å². The van der Waals surface area contributed by atoms with Gasteiger partial charge < -0.3 is 4.90 Å². The summed E-state index contributed by atoms with van der Waals surface area (Å²) in [6.45, 7) is 6.73. The third-order valence-electron chi connectivity index (χ3n) is 5.69. The maximum Gasteiger partial charge on any atom is 0.243 e. The second-order valence-electron chi connectivity index (χ2n) is 7.69. The zero-order valence-electron chi connectivity index (χ0n) is 16.1. The standard InChI is InChI=1S/C21H27N3O2S/c1-16-7-9-19(10-8-16)27(25,26)24-13-5-6-20(24)18-14-17(2)21(22-15-18)23-11-3-4-12-23/h7-10,14-15,20H,3-6,11-13H2,1-2H3. The van der Waals surface area contributed by atoms with Crippen LogP contribution in [0.2, 0.25) is 0 Å². The Morgan fingerprint density at radius 2 is 1.70 bits per heavy atom. The van der Waals surface area contributed by atoms with E-state index in [4.69, 9.17) is 4.98 Å². The van der Waals surface area contributed by atoms with Crippen LogP contribution in [0, 0.1) is 13.8 Å². The van der Waals surface area contributed by atoms with Crippen LogP contribution in [0.4, 0.5) is 5.82 Å². The number of aryl methyl sites for hydroxylation is 2. The Morgan fingerprint density at radius 1 is 1.00 bits per heavy atom. The SMILES string of the molecule is Cc1ccc(S(=O)(=O)N2CCCC2c2cnc(N3CCCC3)c(C)c2)cc1. The third-order valence-corrected chi connectivity index (χ3v) is 7.62. The van der Waals surface area contributed by atoms with Gasteiger partial charge in [-0.15, -0.1) is 0 Å². The van der Waals surface area contributed by atoms with Crippen molar-refractivity contribution in [3.05, 3.63) is 53.2 Å². The summed E-state index contributed by atoms with van der Waals surface area (Å²) in [5, 5.41) is 0. The van der Waals surface area contributed by atoms with Crippen LogP contribution in [-0.4, -0.2) is 37.3 Å². The van der Waals surface area contributed by atoms with Gasteiger partial charge in [-0.05, 0) is 68.9 Å². The third kappa shape index (κ3) is 3.48. The van der Waals surface area contributed by atoms with Crippen molar-refractivity contribution in [2.24, 2.45) is 0 Å². The van der Waals surface area contributed by atoms with Crippen LogP contribution in [-0.2, 0) is 10.0 Å². The lowest BCUT2D eigenvalue weighted by Gasteiger charge is -2.26. The van der Waals surface area contributed by atoms with Crippen LogP contribution in [0.25, 0.3) is 0 Å². The molecule has 1 atom stereocenters. The molecule has 0 radical (unpaired) electrons. The van der Waals surface area contributed by atoms with Crippen LogP contribution >= 0.6 is 0 Å². The van der Waals surface area contributed by atoms with Crippen LogP contribution in [0.1, 0.15) is 48.4 Å². The highest BCUT2D eigenvalue weighted by Crippen LogP contribution is 2.37. The lowest BCUT2D eigenvalue weighted by atomic mass is 10.1. The van der Waals surface area contributed by atoms with Crippen molar-refractivity contribution in [3.8, 4) is 0 Å². The molecule has 2 saturated heterocycles. The molecule has 1 unspecified atom stereocenters. The van der Waals surface area contributed by atoms with Crippen LogP contribution in [0.5, 0.6) is 0 Å². The average molecular weight is 386 g/mol. The quantitative estimate of drug-likeness (QED) is 0.803. The largest absolute Gasteiger partial charge is 0.356 e. The van der Waals surface area contributed by atoms with Gasteiger partial charge in [0.05, 0.1) is 10.9 Å². The summed E-state index contributed by atoms with van der Waals surface area (Å²) in [5.41, 5.74) is 3.20. The molecule has 2 aliphatic rings. The maximum absolute atomic E-state index is 13.2. The molecule has 0 saturated carbocycles. The Balaban J connectivity index is 1.63. The highest BCUT2D eigenvalue weighted by molar-refractivity contribution is 7.89. The number of nitrogens with zero attached hydrogens (tertiary/aromatic N) is 3. The lowest BCUT2D eigenvalue weighted by molar-refractivity contribution is 0.396. The maximum atomic E-state index is 13.2. The highest BCUT2D eigenvalue weighted by Gasteiger charge is 2.36. The highest BCUT2D eigenvalue weighted by atomic mass is 32.2. The van der Waals surface area contributed by atoms with E-state index in [0.717, 1.165) is 48.4 Å². The Kier molecular flexibility index (Phi) is 4.95. The van der Waals surface area contributed by atoms with Gasteiger partial charge in [0.25, 0.3) is 0 Å². The van der Waals surface area contributed by atoms with Gasteiger partial charge in [-0.25, -0.2) is 13.4 Å². The molecular weight excluding hydrogens is 358 g/mol. The van der Waals surface area contributed by atoms with Gasteiger partial charge in [-0.3, -0.25) is 0 Å². The molecule has 0 amide bonds. The van der Waals surface area contributed by atoms with Crippen LogP contribution < -0.4 is 4.90 Å². The first-order valence-electron chi connectivity index (χ1n) is 9.77. The number of pyridine rings is 1. The smallest absolute Gasteiger partial charge is 0.243 e. The minimum absolute atomic E-state index is 0.130. The topological polar surface area (TPSA) is 53.5 Å². The van der Waals surface area contributed by atoms with Gasteiger partial charge in [-0.1, -0.05) is 17.7 Å². The van der Waals surface area contributed by atoms with Crippen molar-refractivity contribution < 1.29 is 8.42 Å². The van der Waals surface area contributed by atoms with Crippen molar-refractivity contribution in [1.29, 1.82) is 0 Å². The molecule has 5 nitrogen and oxygen atoms in total. The van der Waals surface area contributed by atoms with E-state index >= 15 is 0 Å². The Labute approximate surface area is 162 Å². The predicted octanol–water partition coefficient (Wildman–Crippen LogP) is 3.82. The molecule has 1 aromatic heterocycles. The number of benzene rings is 1. The zero-order chi connectivity index (χ0) is 19.0. The van der Waals surface area contributed by atoms with E-state index < -0.39 is 10.0 Å². The molecule has 4 rings (SSSR count). The first-order chi connectivity index (χ1) is 13.0. The molecule has 3 heterocycles. The first kappa shape index (κ1) is 18.4. The summed E-state index contributed by atoms with van der Waals surface area (Å²) in [6, 6.07) is 9.13. The summed E-state index contributed by atoms with van der Waals surface area (Å²) < 4.78 is 28.0. The minimum Gasteiger partial charge on any atom is -0.356 e. The number of anilines is 1. The second kappa shape index (κ2) is 7.24. The monoisotopic (exact) mass is 385 g/mol. The molecule has 0 bridgehead atoms. The van der Waals surface area contributed by atoms with E-state index in [2.05, 4.69) is 17.9 Å². The number of hydrogen-bond acceptors (Lipinski definition) is 4. The van der Waals surface area contributed by atoms with Gasteiger partial charge in [0.1, 0.15) is 5.82 Å². The Morgan fingerprint density at radius 3 is 2.37 bits per heavy atom. The summed E-state index contributed by atoms with van der Waals surface area (Å²) in [6.07, 6.45) is 6.04. The second-order valence-corrected chi connectivity index (χ2v) is 9.58. The fraction of sp³-hybridized carbons (Fsp3) is 0.476. The van der Waals surface area contributed by atoms with Gasteiger partial charge >= 0.3 is 0 Å². The van der Waals surface area contributed by atoms with E-state index in [1.165, 1.54) is 12.8 Å².